The van der Waals surface area contributed by atoms with E-state index in [0.717, 1.165) is 23.0 Å². The highest BCUT2D eigenvalue weighted by Gasteiger charge is 2.23. The van der Waals surface area contributed by atoms with Gasteiger partial charge in [-0.1, -0.05) is 32.9 Å². The van der Waals surface area contributed by atoms with E-state index in [0.29, 0.717) is 12.0 Å². The second-order valence-corrected chi connectivity index (χ2v) is 6.27. The van der Waals surface area contributed by atoms with Crippen LogP contribution in [-0.4, -0.2) is 26.4 Å². The van der Waals surface area contributed by atoms with Crippen molar-refractivity contribution in [3.63, 3.8) is 0 Å². The van der Waals surface area contributed by atoms with Gasteiger partial charge in [0.1, 0.15) is 16.7 Å². The van der Waals surface area contributed by atoms with E-state index in [1.807, 2.05) is 30.3 Å². The van der Waals surface area contributed by atoms with Gasteiger partial charge in [0.2, 0.25) is 0 Å². The third-order valence-corrected chi connectivity index (χ3v) is 4.41. The highest BCUT2D eigenvalue weighted by molar-refractivity contribution is 5.82. The molecule has 0 radical (unpaired) electrons. The van der Waals surface area contributed by atoms with Crippen molar-refractivity contribution < 1.29 is 9.90 Å². The quantitative estimate of drug-likeness (QED) is 0.747. The second-order valence-electron chi connectivity index (χ2n) is 6.27. The van der Waals surface area contributed by atoms with Crippen molar-refractivity contribution in [2.45, 2.75) is 32.6 Å². The number of rotatable bonds is 4. The Hall–Kier alpha value is -2.69. The van der Waals surface area contributed by atoms with Crippen LogP contribution in [-0.2, 0) is 5.41 Å². The van der Waals surface area contributed by atoms with Crippen LogP contribution >= 0.6 is 0 Å². The molecule has 1 heterocycles. The Kier molecular flexibility index (Phi) is 3.64. The summed E-state index contributed by atoms with van der Waals surface area (Å²) >= 11 is 0. The molecule has 0 spiro atoms. The summed E-state index contributed by atoms with van der Waals surface area (Å²) in [5.41, 5.74) is 2.99. The monoisotopic (exact) mass is 309 g/mol. The van der Waals surface area contributed by atoms with E-state index < -0.39 is 0 Å². The summed E-state index contributed by atoms with van der Waals surface area (Å²) in [7, 11) is 0. The number of hydrogen-bond acceptors (Lipinski definition) is 4. The number of carbonyl (C=O) groups is 1. The summed E-state index contributed by atoms with van der Waals surface area (Å²) in [5, 5.41) is 19.2. The minimum Gasteiger partial charge on any atom is -0.505 e. The van der Waals surface area contributed by atoms with Crippen LogP contribution in [0.2, 0.25) is 0 Å². The maximum absolute atomic E-state index is 11.3. The first-order valence-corrected chi connectivity index (χ1v) is 7.61. The van der Waals surface area contributed by atoms with Crippen molar-refractivity contribution >= 4 is 17.3 Å². The minimum absolute atomic E-state index is 0.101. The van der Waals surface area contributed by atoms with Crippen molar-refractivity contribution in [3.8, 4) is 11.4 Å². The fraction of sp³-hybridized carbons (Fsp3) is 0.278. The molecule has 0 fully saturated rings. The van der Waals surface area contributed by atoms with Gasteiger partial charge in [-0.2, -0.15) is 0 Å². The van der Waals surface area contributed by atoms with Gasteiger partial charge in [0.25, 0.3) is 0 Å². The summed E-state index contributed by atoms with van der Waals surface area (Å²) in [4.78, 5) is 12.7. The first-order chi connectivity index (χ1) is 11.0. The van der Waals surface area contributed by atoms with Crippen molar-refractivity contribution in [2.24, 2.45) is 0 Å². The molecule has 1 N–H and O–H groups in total. The van der Waals surface area contributed by atoms with Crippen LogP contribution in [0.25, 0.3) is 16.7 Å². The lowest BCUT2D eigenvalue weighted by molar-refractivity contribution is 0.112. The number of aromatic hydroxyl groups is 1. The van der Waals surface area contributed by atoms with E-state index in [-0.39, 0.29) is 16.7 Å². The van der Waals surface area contributed by atoms with Gasteiger partial charge >= 0.3 is 0 Å². The van der Waals surface area contributed by atoms with Crippen molar-refractivity contribution in [1.82, 2.24) is 15.0 Å². The van der Waals surface area contributed by atoms with E-state index in [2.05, 4.69) is 31.0 Å². The molecule has 0 atom stereocenters. The molecule has 3 aromatic rings. The Morgan fingerprint density at radius 3 is 2.30 bits per heavy atom. The van der Waals surface area contributed by atoms with Crippen molar-refractivity contribution in [3.05, 3.63) is 47.5 Å². The number of hydrogen-bond donors (Lipinski definition) is 1. The summed E-state index contributed by atoms with van der Waals surface area (Å²) < 4.78 is 0. The molecule has 0 aliphatic heterocycles. The molecule has 5 heteroatoms. The molecule has 2 aromatic carbocycles. The zero-order valence-electron chi connectivity index (χ0n) is 13.4. The molecule has 0 bridgehead atoms. The summed E-state index contributed by atoms with van der Waals surface area (Å²) in [6.07, 6.45) is 1.57. The predicted octanol–water partition coefficient (Wildman–Crippen LogP) is 3.63. The molecular formula is C18H19N3O2. The molecule has 23 heavy (non-hydrogen) atoms. The number of carbonyl (C=O) groups excluding carboxylic acids is 1. The maximum atomic E-state index is 11.3. The first-order valence-electron chi connectivity index (χ1n) is 7.61. The molecule has 0 unspecified atom stereocenters. The molecule has 0 aliphatic rings. The van der Waals surface area contributed by atoms with Crippen LogP contribution in [0, 0.1) is 0 Å². The SMILES string of the molecule is CCC(C)(C)c1cc(C=O)c(O)c(-n2nc3ccccc3n2)c1. The maximum Gasteiger partial charge on any atom is 0.153 e. The van der Waals surface area contributed by atoms with Crippen LogP contribution in [0.3, 0.4) is 0 Å². The van der Waals surface area contributed by atoms with Gasteiger partial charge in [-0.15, -0.1) is 15.0 Å². The zero-order chi connectivity index (χ0) is 16.6. The summed E-state index contributed by atoms with van der Waals surface area (Å²) in [6, 6.07) is 11.1. The summed E-state index contributed by atoms with van der Waals surface area (Å²) in [5.74, 6) is -0.101. The van der Waals surface area contributed by atoms with E-state index in [1.54, 1.807) is 6.07 Å². The molecule has 5 nitrogen and oxygen atoms in total. The predicted molar refractivity (Wildman–Crippen MR) is 89.2 cm³/mol. The Morgan fingerprint density at radius 2 is 1.78 bits per heavy atom. The number of phenols is 1. The van der Waals surface area contributed by atoms with Gasteiger partial charge in [-0.25, -0.2) is 0 Å². The number of aldehydes is 1. The average molecular weight is 309 g/mol. The van der Waals surface area contributed by atoms with Gasteiger partial charge in [0.05, 0.1) is 5.56 Å². The molecule has 1 aromatic heterocycles. The Morgan fingerprint density at radius 1 is 1.17 bits per heavy atom. The van der Waals surface area contributed by atoms with Gasteiger partial charge < -0.3 is 5.11 Å². The van der Waals surface area contributed by atoms with E-state index in [1.165, 1.54) is 4.80 Å². The fourth-order valence-corrected chi connectivity index (χ4v) is 2.45. The standard InChI is InChI=1S/C18H19N3O2/c1-4-18(2,3)13-9-12(11-22)17(23)16(10-13)21-19-14-7-5-6-8-15(14)20-21/h5-11,23H,4H2,1-3H3. The Bertz CT molecular complexity index is 848. The third kappa shape index (κ3) is 2.59. The van der Waals surface area contributed by atoms with Crippen LogP contribution < -0.4 is 0 Å². The average Bonchev–Trinajstić information content (AvgIpc) is 2.98. The number of benzene rings is 2. The Balaban J connectivity index is 2.25. The molecular weight excluding hydrogens is 290 g/mol. The lowest BCUT2D eigenvalue weighted by atomic mass is 9.81. The molecule has 0 amide bonds. The van der Waals surface area contributed by atoms with Crippen molar-refractivity contribution in [2.75, 3.05) is 0 Å². The van der Waals surface area contributed by atoms with Crippen LogP contribution in [0.15, 0.2) is 36.4 Å². The molecule has 3 rings (SSSR count). The van der Waals surface area contributed by atoms with E-state index in [4.69, 9.17) is 0 Å². The lowest BCUT2D eigenvalue weighted by Crippen LogP contribution is -2.17. The highest BCUT2D eigenvalue weighted by Crippen LogP contribution is 2.34. The highest BCUT2D eigenvalue weighted by atomic mass is 16.3. The lowest BCUT2D eigenvalue weighted by Gasteiger charge is -2.24. The second kappa shape index (κ2) is 5.50. The largest absolute Gasteiger partial charge is 0.505 e. The smallest absolute Gasteiger partial charge is 0.153 e. The molecule has 0 saturated heterocycles. The molecule has 118 valence electrons. The Labute approximate surface area is 134 Å². The number of aromatic nitrogens is 3. The van der Waals surface area contributed by atoms with Crippen LogP contribution in [0.1, 0.15) is 43.1 Å². The zero-order valence-corrected chi connectivity index (χ0v) is 13.4. The van der Waals surface area contributed by atoms with E-state index in [9.17, 15) is 9.90 Å². The van der Waals surface area contributed by atoms with Gasteiger partial charge in [-0.05, 0) is 41.7 Å². The number of nitrogens with zero attached hydrogens (tertiary/aromatic N) is 3. The van der Waals surface area contributed by atoms with E-state index >= 15 is 0 Å². The van der Waals surface area contributed by atoms with Gasteiger partial charge in [-0.3, -0.25) is 4.79 Å². The number of phenolic OH excluding ortho intramolecular Hbond substituents is 1. The molecule has 0 saturated carbocycles. The number of fused-ring (bicyclic) bond motifs is 1. The first kappa shape index (κ1) is 15.2. The van der Waals surface area contributed by atoms with Crippen LogP contribution in [0.4, 0.5) is 0 Å². The topological polar surface area (TPSA) is 68.0 Å². The van der Waals surface area contributed by atoms with Gasteiger partial charge in [0.15, 0.2) is 12.0 Å². The van der Waals surface area contributed by atoms with Crippen LogP contribution in [0.5, 0.6) is 5.75 Å². The summed E-state index contributed by atoms with van der Waals surface area (Å²) in [6.45, 7) is 6.29. The molecule has 0 aliphatic carbocycles. The van der Waals surface area contributed by atoms with Gasteiger partial charge in [0, 0.05) is 0 Å². The normalized spacial score (nSPS) is 11.8. The fourth-order valence-electron chi connectivity index (χ4n) is 2.45. The minimum atomic E-state index is -0.118. The third-order valence-electron chi connectivity index (χ3n) is 4.41. The van der Waals surface area contributed by atoms with Crippen molar-refractivity contribution in [1.29, 1.82) is 0 Å².